The molecule has 278 valence electrons. The van der Waals surface area contributed by atoms with Gasteiger partial charge in [-0.15, -0.1) is 0 Å². The van der Waals surface area contributed by atoms with Gasteiger partial charge < -0.3 is 70.2 Å². The molecule has 3 aliphatic rings. The van der Waals surface area contributed by atoms with Crippen molar-refractivity contribution in [3.8, 4) is 34.3 Å². The highest BCUT2D eigenvalue weighted by atomic mass is 16.7. The molecule has 52 heavy (non-hydrogen) atoms. The van der Waals surface area contributed by atoms with Crippen molar-refractivity contribution in [3.63, 3.8) is 0 Å². The largest absolute Gasteiger partial charge is 0.504 e. The highest BCUT2D eigenvalue weighted by Crippen LogP contribution is 2.46. The number of ether oxygens (including phenoxy) is 4. The van der Waals surface area contributed by atoms with E-state index in [1.54, 1.807) is 30.3 Å². The second-order valence-electron chi connectivity index (χ2n) is 13.5. The Morgan fingerprint density at radius 1 is 1.06 bits per heavy atom. The van der Waals surface area contributed by atoms with Gasteiger partial charge in [-0.2, -0.15) is 0 Å². The number of hydrogen-bond donors (Lipinski definition) is 9. The zero-order valence-electron chi connectivity index (χ0n) is 28.1. The van der Waals surface area contributed by atoms with Gasteiger partial charge in [0, 0.05) is 49.1 Å². The van der Waals surface area contributed by atoms with E-state index in [2.05, 4.69) is 15.6 Å². The SMILES string of the molecule is Nc1ccc(CCOc2ccc(-c3cc(=O)c4c(O)c(OC5CCCC5)c(O[C@@H]5O[C@H](C(=O)O)[C@](O)(C[C@H]6CNCN6)[C@@H](O)[C@H]5O)cc4o3)cc2)[nH]1. The Hall–Kier alpha value is -4.84. The maximum absolute atomic E-state index is 13.5. The fraction of sp³-hybridized carbons (Fsp3) is 0.444. The Kier molecular flexibility index (Phi) is 10.0. The van der Waals surface area contributed by atoms with E-state index in [4.69, 9.17) is 29.1 Å². The number of nitrogen functional groups attached to an aromatic ring is 1. The maximum Gasteiger partial charge on any atom is 0.336 e. The number of H-pyrrole nitrogens is 1. The van der Waals surface area contributed by atoms with Gasteiger partial charge in [-0.25, -0.2) is 4.79 Å². The van der Waals surface area contributed by atoms with Crippen LogP contribution in [0.2, 0.25) is 0 Å². The number of benzene rings is 2. The van der Waals surface area contributed by atoms with Crippen LogP contribution in [0.4, 0.5) is 5.82 Å². The number of phenols is 1. The smallest absolute Gasteiger partial charge is 0.336 e. The lowest BCUT2D eigenvalue weighted by molar-refractivity contribution is -0.307. The molecule has 6 atom stereocenters. The molecule has 7 rings (SSSR count). The van der Waals surface area contributed by atoms with Gasteiger partial charge in [0.15, 0.2) is 23.0 Å². The number of aromatic amines is 1. The molecule has 2 aromatic heterocycles. The molecule has 10 N–H and O–H groups in total. The summed E-state index contributed by atoms with van der Waals surface area (Å²) in [6.45, 7) is 1.21. The molecule has 16 heteroatoms. The summed E-state index contributed by atoms with van der Waals surface area (Å²) in [5, 5.41) is 61.1. The third-order valence-corrected chi connectivity index (χ3v) is 9.83. The average Bonchev–Trinajstić information content (AvgIpc) is 3.91. The molecule has 4 heterocycles. The van der Waals surface area contributed by atoms with Crippen LogP contribution in [0.25, 0.3) is 22.3 Å². The summed E-state index contributed by atoms with van der Waals surface area (Å²) < 4.78 is 29.7. The second kappa shape index (κ2) is 14.7. The molecule has 2 aromatic carbocycles. The van der Waals surface area contributed by atoms with E-state index in [1.165, 1.54) is 12.1 Å². The van der Waals surface area contributed by atoms with E-state index in [-0.39, 0.29) is 40.8 Å². The molecule has 0 spiro atoms. The summed E-state index contributed by atoms with van der Waals surface area (Å²) in [5.41, 5.74) is 4.13. The van der Waals surface area contributed by atoms with Crippen molar-refractivity contribution in [2.45, 2.75) is 80.9 Å². The highest BCUT2D eigenvalue weighted by Gasteiger charge is 2.59. The topological polar surface area (TPSA) is 251 Å². The summed E-state index contributed by atoms with van der Waals surface area (Å²) in [6.07, 6.45) is -4.65. The average molecular weight is 723 g/mol. The fourth-order valence-corrected chi connectivity index (χ4v) is 7.11. The van der Waals surface area contributed by atoms with Crippen molar-refractivity contribution in [2.75, 3.05) is 25.6 Å². The second-order valence-corrected chi connectivity index (χ2v) is 13.5. The standard InChI is InChI=1S/C36H42N4O12/c37-27-10-7-19(40-27)11-12-48-21-8-5-18(6-9-21)24-13-23(41)28-25(50-24)14-26(31(29(28)42)49-22-3-1-2-4-22)51-35-30(43)32(44)36(47,33(52-35)34(45)46)15-20-16-38-17-39-20/h5-10,13-14,20,22,30,32-33,35,38-40,42-44,47H,1-4,11-12,15-17,37H2,(H,45,46)/t20-,30+,32-,33+,35+,36-/m0/s1. The van der Waals surface area contributed by atoms with Crippen LogP contribution in [0.1, 0.15) is 37.8 Å². The van der Waals surface area contributed by atoms with E-state index in [0.717, 1.165) is 18.5 Å². The molecule has 0 unspecified atom stereocenters. The van der Waals surface area contributed by atoms with Gasteiger partial charge in [0.1, 0.15) is 46.1 Å². The van der Waals surface area contributed by atoms with Gasteiger partial charge in [0.2, 0.25) is 12.0 Å². The van der Waals surface area contributed by atoms with Crippen molar-refractivity contribution >= 4 is 22.8 Å². The summed E-state index contributed by atoms with van der Waals surface area (Å²) >= 11 is 0. The Morgan fingerprint density at radius 3 is 2.50 bits per heavy atom. The number of fused-ring (bicyclic) bond motifs is 1. The molecular weight excluding hydrogens is 680 g/mol. The molecule has 2 saturated heterocycles. The number of anilines is 1. The summed E-state index contributed by atoms with van der Waals surface area (Å²) in [7, 11) is 0. The molecule has 1 aliphatic carbocycles. The fourth-order valence-electron chi connectivity index (χ4n) is 7.11. The minimum Gasteiger partial charge on any atom is -0.504 e. The quantitative estimate of drug-likeness (QED) is 0.101. The van der Waals surface area contributed by atoms with Crippen LogP contribution in [0.15, 0.2) is 57.7 Å². The first-order valence-corrected chi connectivity index (χ1v) is 17.2. The summed E-state index contributed by atoms with van der Waals surface area (Å²) in [6, 6.07) is 12.6. The van der Waals surface area contributed by atoms with Gasteiger partial charge in [-0.3, -0.25) is 4.79 Å². The number of aliphatic hydroxyl groups is 3. The third-order valence-electron chi connectivity index (χ3n) is 9.83. The number of hydrogen-bond acceptors (Lipinski definition) is 14. The van der Waals surface area contributed by atoms with E-state index < -0.39 is 53.4 Å². The number of aromatic nitrogens is 1. The van der Waals surface area contributed by atoms with Crippen LogP contribution >= 0.6 is 0 Å². The van der Waals surface area contributed by atoms with E-state index in [1.807, 2.05) is 6.07 Å². The first kappa shape index (κ1) is 35.6. The van der Waals surface area contributed by atoms with Crippen molar-refractivity contribution in [1.29, 1.82) is 0 Å². The number of aromatic hydroxyl groups is 1. The molecule has 4 aromatic rings. The first-order valence-electron chi connectivity index (χ1n) is 17.2. The predicted molar refractivity (Wildman–Crippen MR) is 185 cm³/mol. The minimum atomic E-state index is -2.39. The minimum absolute atomic E-state index is 0.101. The van der Waals surface area contributed by atoms with Gasteiger partial charge in [-0.05, 0) is 68.5 Å². The highest BCUT2D eigenvalue weighted by molar-refractivity contribution is 5.89. The van der Waals surface area contributed by atoms with Gasteiger partial charge >= 0.3 is 5.97 Å². The van der Waals surface area contributed by atoms with Crippen molar-refractivity contribution < 1.29 is 53.7 Å². The number of aliphatic carboxylic acids is 1. The van der Waals surface area contributed by atoms with Crippen molar-refractivity contribution in [1.82, 2.24) is 15.6 Å². The van der Waals surface area contributed by atoms with Crippen molar-refractivity contribution in [2.24, 2.45) is 0 Å². The number of carboxylic acid groups (broad SMARTS) is 1. The first-order chi connectivity index (χ1) is 25.0. The van der Waals surface area contributed by atoms with Gasteiger partial charge in [0.25, 0.3) is 0 Å². The summed E-state index contributed by atoms with van der Waals surface area (Å²) in [5.74, 6) is -1.32. The lowest BCUT2D eigenvalue weighted by Crippen LogP contribution is -2.70. The normalized spacial score (nSPS) is 26.5. The van der Waals surface area contributed by atoms with Crippen LogP contribution in [-0.2, 0) is 16.0 Å². The molecule has 0 bridgehead atoms. The molecule has 2 aliphatic heterocycles. The Balaban J connectivity index is 1.18. The molecule has 1 saturated carbocycles. The molecular formula is C36H42N4O12. The van der Waals surface area contributed by atoms with Crippen LogP contribution in [0.3, 0.4) is 0 Å². The lowest BCUT2D eigenvalue weighted by atomic mass is 9.79. The number of nitrogens with two attached hydrogens (primary N) is 1. The van der Waals surface area contributed by atoms with Crippen LogP contribution < -0.4 is 36.0 Å². The number of aliphatic hydroxyl groups excluding tert-OH is 2. The summed E-state index contributed by atoms with van der Waals surface area (Å²) in [4.78, 5) is 28.9. The molecule has 3 fully saturated rings. The predicted octanol–water partition coefficient (Wildman–Crippen LogP) is 1.57. The third kappa shape index (κ3) is 7.13. The molecule has 16 nitrogen and oxygen atoms in total. The zero-order chi connectivity index (χ0) is 36.6. The van der Waals surface area contributed by atoms with E-state index in [0.29, 0.717) is 56.2 Å². The number of carbonyl (C=O) groups is 1. The van der Waals surface area contributed by atoms with E-state index in [9.17, 15) is 35.1 Å². The van der Waals surface area contributed by atoms with Crippen LogP contribution in [0, 0.1) is 0 Å². The Bertz CT molecular complexity index is 1950. The van der Waals surface area contributed by atoms with Crippen molar-refractivity contribution in [3.05, 3.63) is 64.4 Å². The molecule has 0 radical (unpaired) electrons. The number of rotatable bonds is 12. The monoisotopic (exact) mass is 722 g/mol. The van der Waals surface area contributed by atoms with E-state index >= 15 is 0 Å². The lowest BCUT2D eigenvalue weighted by Gasteiger charge is -2.47. The Labute approximate surface area is 297 Å². The maximum atomic E-state index is 13.5. The zero-order valence-corrected chi connectivity index (χ0v) is 28.1. The number of carboxylic acids is 1. The number of phenolic OH excluding ortho intramolecular Hbond substituents is 1. The Morgan fingerprint density at radius 2 is 1.83 bits per heavy atom. The number of nitrogens with one attached hydrogen (secondary N) is 3. The van der Waals surface area contributed by atoms with Crippen LogP contribution in [-0.4, -0.2) is 98.7 Å². The van der Waals surface area contributed by atoms with Gasteiger partial charge in [0.05, 0.1) is 12.7 Å². The van der Waals surface area contributed by atoms with Gasteiger partial charge in [-0.1, -0.05) is 0 Å². The molecule has 0 amide bonds. The van der Waals surface area contributed by atoms with Crippen LogP contribution in [0.5, 0.6) is 23.0 Å².